The van der Waals surface area contributed by atoms with Gasteiger partial charge in [-0.05, 0) is 11.6 Å². The first-order valence-electron chi connectivity index (χ1n) is 5.36. The molecule has 0 bridgehead atoms. The third kappa shape index (κ3) is 3.17. The van der Waals surface area contributed by atoms with Crippen molar-refractivity contribution in [3.05, 3.63) is 42.0 Å². The molecule has 1 saturated heterocycles. The van der Waals surface area contributed by atoms with Crippen LogP contribution >= 0.6 is 0 Å². The molecule has 0 aromatic heterocycles. The van der Waals surface area contributed by atoms with E-state index in [1.807, 2.05) is 30.3 Å². The molecule has 0 aliphatic carbocycles. The summed E-state index contributed by atoms with van der Waals surface area (Å²) < 4.78 is 9.63. The van der Waals surface area contributed by atoms with E-state index in [0.717, 1.165) is 5.56 Å². The first-order valence-corrected chi connectivity index (χ1v) is 5.36. The molecule has 1 atom stereocenters. The van der Waals surface area contributed by atoms with Crippen LogP contribution in [0.5, 0.6) is 0 Å². The van der Waals surface area contributed by atoms with Gasteiger partial charge in [0.05, 0.1) is 6.61 Å². The fourth-order valence-electron chi connectivity index (χ4n) is 1.49. The first-order chi connectivity index (χ1) is 8.25. The minimum Gasteiger partial charge on any atom is -0.463 e. The van der Waals surface area contributed by atoms with Gasteiger partial charge in [0.15, 0.2) is 0 Å². The van der Waals surface area contributed by atoms with E-state index in [-0.39, 0.29) is 0 Å². The lowest BCUT2D eigenvalue weighted by atomic mass is 10.2. The number of hydrogen-bond donors (Lipinski definition) is 0. The minimum absolute atomic E-state index is 0.319. The molecule has 0 N–H and O–H groups in total. The van der Waals surface area contributed by atoms with Crippen molar-refractivity contribution in [1.29, 1.82) is 0 Å². The number of benzene rings is 1. The van der Waals surface area contributed by atoms with Gasteiger partial charge < -0.3 is 9.47 Å². The third-order valence-electron chi connectivity index (χ3n) is 2.36. The first kappa shape index (κ1) is 11.4. The summed E-state index contributed by atoms with van der Waals surface area (Å²) in [6, 6.07) is 9.38. The molecule has 1 aliphatic heterocycles. The Hall–Kier alpha value is -2.10. The fourth-order valence-corrected chi connectivity index (χ4v) is 1.49. The second-order valence-corrected chi connectivity index (χ2v) is 3.63. The molecule has 1 aliphatic rings. The highest BCUT2D eigenvalue weighted by atomic mass is 16.6. The van der Waals surface area contributed by atoms with Crippen molar-refractivity contribution in [3.63, 3.8) is 0 Å². The van der Waals surface area contributed by atoms with Crippen LogP contribution in [0.1, 0.15) is 12.0 Å². The molecular weight excluding hydrogens is 220 g/mol. The lowest BCUT2D eigenvalue weighted by molar-refractivity contribution is -0.156. The van der Waals surface area contributed by atoms with Crippen LogP contribution in [-0.4, -0.2) is 24.6 Å². The quantitative estimate of drug-likeness (QED) is 0.586. The summed E-state index contributed by atoms with van der Waals surface area (Å²) in [7, 11) is 0. The molecule has 1 aromatic carbocycles. The Morgan fingerprint density at radius 1 is 1.35 bits per heavy atom. The predicted molar refractivity (Wildman–Crippen MR) is 60.9 cm³/mol. The Kier molecular flexibility index (Phi) is 3.55. The fraction of sp³-hybridized carbons (Fsp3) is 0.231. The van der Waals surface area contributed by atoms with Crippen LogP contribution in [0.4, 0.5) is 0 Å². The van der Waals surface area contributed by atoms with Gasteiger partial charge in [0, 0.05) is 12.5 Å². The predicted octanol–water partition coefficient (Wildman–Crippen LogP) is 1.56. The SMILES string of the molecule is O=C(/C=C/c1ccccc1)O[C@H]1CCOC1=O. The number of ether oxygens (including phenoxy) is 2. The average Bonchev–Trinajstić information content (AvgIpc) is 2.74. The number of carbonyl (C=O) groups excluding carboxylic acids is 2. The van der Waals surface area contributed by atoms with Crippen molar-refractivity contribution in [1.82, 2.24) is 0 Å². The lowest BCUT2D eigenvalue weighted by Gasteiger charge is -2.04. The standard InChI is InChI=1S/C13H12O4/c14-12(17-11-8-9-16-13(11)15)7-6-10-4-2-1-3-5-10/h1-7,11H,8-9H2/b7-6+/t11-/m0/s1. The zero-order chi connectivity index (χ0) is 12.1. The van der Waals surface area contributed by atoms with Crippen LogP contribution in [0.3, 0.4) is 0 Å². The Bertz CT molecular complexity index is 436. The van der Waals surface area contributed by atoms with Crippen molar-refractivity contribution >= 4 is 18.0 Å². The molecule has 0 spiro atoms. The Labute approximate surface area is 98.8 Å². The molecule has 4 heteroatoms. The molecule has 1 fully saturated rings. The molecule has 1 aromatic rings. The molecule has 17 heavy (non-hydrogen) atoms. The van der Waals surface area contributed by atoms with Crippen molar-refractivity contribution in [2.75, 3.05) is 6.61 Å². The summed E-state index contributed by atoms with van der Waals surface area (Å²) in [6.45, 7) is 0.319. The summed E-state index contributed by atoms with van der Waals surface area (Å²) >= 11 is 0. The van der Waals surface area contributed by atoms with E-state index in [1.54, 1.807) is 6.08 Å². The van der Waals surface area contributed by atoms with Gasteiger partial charge in [-0.3, -0.25) is 0 Å². The van der Waals surface area contributed by atoms with Crippen LogP contribution in [0, 0.1) is 0 Å². The van der Waals surface area contributed by atoms with Crippen molar-refractivity contribution in [2.24, 2.45) is 0 Å². The second-order valence-electron chi connectivity index (χ2n) is 3.63. The van der Waals surface area contributed by atoms with Crippen LogP contribution < -0.4 is 0 Å². The molecule has 4 nitrogen and oxygen atoms in total. The van der Waals surface area contributed by atoms with E-state index < -0.39 is 18.0 Å². The minimum atomic E-state index is -0.747. The van der Waals surface area contributed by atoms with Crippen molar-refractivity contribution in [2.45, 2.75) is 12.5 Å². The zero-order valence-corrected chi connectivity index (χ0v) is 9.17. The Balaban J connectivity index is 1.89. The summed E-state index contributed by atoms with van der Waals surface area (Å²) in [5.74, 6) is -0.996. The van der Waals surface area contributed by atoms with Crippen LogP contribution in [0.2, 0.25) is 0 Å². The van der Waals surface area contributed by atoms with Gasteiger partial charge in [-0.25, -0.2) is 9.59 Å². The monoisotopic (exact) mass is 232 g/mol. The molecule has 1 heterocycles. The Morgan fingerprint density at radius 2 is 2.12 bits per heavy atom. The van der Waals surface area contributed by atoms with E-state index in [0.29, 0.717) is 13.0 Å². The van der Waals surface area contributed by atoms with Crippen LogP contribution in [0.25, 0.3) is 6.08 Å². The lowest BCUT2D eigenvalue weighted by Crippen LogP contribution is -2.21. The van der Waals surface area contributed by atoms with Crippen LogP contribution in [-0.2, 0) is 19.1 Å². The number of cyclic esters (lactones) is 1. The van der Waals surface area contributed by atoms with E-state index in [4.69, 9.17) is 4.74 Å². The van der Waals surface area contributed by atoms with E-state index in [2.05, 4.69) is 4.74 Å². The molecule has 0 unspecified atom stereocenters. The van der Waals surface area contributed by atoms with E-state index >= 15 is 0 Å². The third-order valence-corrected chi connectivity index (χ3v) is 2.36. The normalized spacial score (nSPS) is 19.3. The number of carbonyl (C=O) groups is 2. The maximum atomic E-state index is 11.4. The van der Waals surface area contributed by atoms with Crippen LogP contribution in [0.15, 0.2) is 36.4 Å². The second kappa shape index (κ2) is 5.30. The van der Waals surface area contributed by atoms with Gasteiger partial charge in [0.25, 0.3) is 0 Å². The van der Waals surface area contributed by atoms with Gasteiger partial charge in [-0.15, -0.1) is 0 Å². The zero-order valence-electron chi connectivity index (χ0n) is 9.17. The van der Waals surface area contributed by atoms with Crippen molar-refractivity contribution in [3.8, 4) is 0 Å². The molecule has 2 rings (SSSR count). The van der Waals surface area contributed by atoms with E-state index in [1.165, 1.54) is 6.08 Å². The molecule has 0 saturated carbocycles. The topological polar surface area (TPSA) is 52.6 Å². The smallest absolute Gasteiger partial charge is 0.347 e. The van der Waals surface area contributed by atoms with Gasteiger partial charge in [0.2, 0.25) is 6.10 Å². The van der Waals surface area contributed by atoms with Gasteiger partial charge in [-0.1, -0.05) is 30.3 Å². The van der Waals surface area contributed by atoms with E-state index in [9.17, 15) is 9.59 Å². The van der Waals surface area contributed by atoms with Gasteiger partial charge in [0.1, 0.15) is 0 Å². The Morgan fingerprint density at radius 3 is 2.76 bits per heavy atom. The number of esters is 2. The maximum Gasteiger partial charge on any atom is 0.347 e. The highest BCUT2D eigenvalue weighted by Crippen LogP contribution is 2.11. The molecule has 0 radical (unpaired) electrons. The highest BCUT2D eigenvalue weighted by Gasteiger charge is 2.29. The van der Waals surface area contributed by atoms with Crippen molar-refractivity contribution < 1.29 is 19.1 Å². The molecule has 88 valence electrons. The summed E-state index contributed by atoms with van der Waals surface area (Å²) in [5.41, 5.74) is 0.901. The maximum absolute atomic E-state index is 11.4. The van der Waals surface area contributed by atoms with Gasteiger partial charge in [-0.2, -0.15) is 0 Å². The summed E-state index contributed by atoms with van der Waals surface area (Å²) in [6.07, 6.45) is 2.63. The number of rotatable bonds is 3. The molecular formula is C13H12O4. The average molecular weight is 232 g/mol. The summed E-state index contributed by atoms with van der Waals surface area (Å²) in [4.78, 5) is 22.5. The highest BCUT2D eigenvalue weighted by molar-refractivity contribution is 5.89. The molecule has 0 amide bonds. The van der Waals surface area contributed by atoms with Gasteiger partial charge >= 0.3 is 11.9 Å². The number of hydrogen-bond acceptors (Lipinski definition) is 4. The largest absolute Gasteiger partial charge is 0.463 e. The summed E-state index contributed by atoms with van der Waals surface area (Å²) in [5, 5.41) is 0.